The third-order valence-corrected chi connectivity index (χ3v) is 3.53. The Hall–Kier alpha value is -2.80. The van der Waals surface area contributed by atoms with E-state index in [9.17, 15) is 13.2 Å². The van der Waals surface area contributed by atoms with Crippen LogP contribution in [-0.4, -0.2) is 25.4 Å². The summed E-state index contributed by atoms with van der Waals surface area (Å²) in [7, 11) is 0. The Morgan fingerprint density at radius 2 is 2.00 bits per heavy atom. The summed E-state index contributed by atoms with van der Waals surface area (Å²) in [5.41, 5.74) is -0.149. The van der Waals surface area contributed by atoms with Gasteiger partial charge < -0.3 is 0 Å². The fourth-order valence-corrected chi connectivity index (χ4v) is 2.47. The molecule has 0 aliphatic heterocycles. The number of hydrogen-bond donors (Lipinski definition) is 1. The number of aromatic amines is 1. The molecule has 3 aromatic rings. The molecule has 6 nitrogen and oxygen atoms in total. The lowest BCUT2D eigenvalue weighted by molar-refractivity contribution is -0.141. The summed E-state index contributed by atoms with van der Waals surface area (Å²) < 4.78 is 38.0. The maximum atomic E-state index is 12.7. The van der Waals surface area contributed by atoms with Gasteiger partial charge in [0.15, 0.2) is 5.69 Å². The number of pyridine rings is 1. The lowest BCUT2D eigenvalue weighted by atomic mass is 10.3. The number of halogens is 3. The van der Waals surface area contributed by atoms with Gasteiger partial charge in [-0.3, -0.25) is 0 Å². The second-order valence-electron chi connectivity index (χ2n) is 4.09. The van der Waals surface area contributed by atoms with E-state index in [-0.39, 0.29) is 17.1 Å². The molecule has 0 aromatic carbocycles. The summed E-state index contributed by atoms with van der Waals surface area (Å²) in [6.07, 6.45) is -4.52. The number of hydrogen-bond acceptors (Lipinski definition) is 6. The van der Waals surface area contributed by atoms with Crippen LogP contribution in [0.15, 0.2) is 23.6 Å². The van der Waals surface area contributed by atoms with Crippen LogP contribution in [0, 0.1) is 11.3 Å². The van der Waals surface area contributed by atoms with Gasteiger partial charge in [0.2, 0.25) is 0 Å². The molecular weight excluding hydrogens is 317 g/mol. The van der Waals surface area contributed by atoms with Gasteiger partial charge in [-0.25, -0.2) is 15.1 Å². The van der Waals surface area contributed by atoms with Gasteiger partial charge in [-0.1, -0.05) is 11.3 Å². The van der Waals surface area contributed by atoms with Crippen molar-refractivity contribution in [1.29, 1.82) is 5.26 Å². The van der Waals surface area contributed by atoms with Crippen LogP contribution in [0.2, 0.25) is 0 Å². The Morgan fingerprint density at radius 3 is 2.73 bits per heavy atom. The van der Waals surface area contributed by atoms with E-state index in [0.29, 0.717) is 10.7 Å². The van der Waals surface area contributed by atoms with Crippen molar-refractivity contribution in [3.05, 3.63) is 35.0 Å². The molecule has 0 unspecified atom stereocenters. The van der Waals surface area contributed by atoms with Crippen LogP contribution in [-0.2, 0) is 6.18 Å². The third kappa shape index (κ3) is 2.53. The largest absolute Gasteiger partial charge is 0.433 e. The summed E-state index contributed by atoms with van der Waals surface area (Å²) >= 11 is 1.11. The summed E-state index contributed by atoms with van der Waals surface area (Å²) in [5, 5.41) is 20.4. The molecular formula is C12H5F3N6S. The van der Waals surface area contributed by atoms with Gasteiger partial charge in [0, 0.05) is 5.38 Å². The van der Waals surface area contributed by atoms with Crippen molar-refractivity contribution in [2.45, 2.75) is 6.18 Å². The van der Waals surface area contributed by atoms with E-state index in [4.69, 9.17) is 5.26 Å². The van der Waals surface area contributed by atoms with Crippen LogP contribution in [0.5, 0.6) is 0 Å². The van der Waals surface area contributed by atoms with E-state index in [1.165, 1.54) is 12.1 Å². The molecule has 3 heterocycles. The maximum absolute atomic E-state index is 12.7. The van der Waals surface area contributed by atoms with Crippen LogP contribution in [0.4, 0.5) is 13.2 Å². The SMILES string of the molecule is N#Cc1[nH]nnc1-c1csc(-c2cccc(C(F)(F)F)n2)n1. The standard InChI is InChI=1S/C12H5F3N6S/c13-12(14,15)9-3-1-2-6(17-9)11-18-8(5-22-11)10-7(4-16)19-21-20-10/h1-3,5H,(H,19,20,21). The van der Waals surface area contributed by atoms with Crippen molar-refractivity contribution in [2.75, 3.05) is 0 Å². The van der Waals surface area contributed by atoms with Gasteiger partial charge in [0.1, 0.15) is 28.2 Å². The Morgan fingerprint density at radius 1 is 1.18 bits per heavy atom. The predicted molar refractivity (Wildman–Crippen MR) is 70.4 cm³/mol. The molecule has 3 rings (SSSR count). The van der Waals surface area contributed by atoms with Crippen molar-refractivity contribution in [3.63, 3.8) is 0 Å². The molecule has 110 valence electrons. The molecule has 0 spiro atoms. The van der Waals surface area contributed by atoms with Crippen LogP contribution in [0.3, 0.4) is 0 Å². The van der Waals surface area contributed by atoms with Gasteiger partial charge >= 0.3 is 6.18 Å². The zero-order valence-corrected chi connectivity index (χ0v) is 11.4. The quantitative estimate of drug-likeness (QED) is 0.783. The lowest BCUT2D eigenvalue weighted by Gasteiger charge is -2.05. The number of rotatable bonds is 2. The number of aromatic nitrogens is 5. The smallest absolute Gasteiger partial charge is 0.247 e. The Bertz CT molecular complexity index is 860. The summed E-state index contributed by atoms with van der Waals surface area (Å²) in [4.78, 5) is 7.74. The molecule has 0 amide bonds. The van der Waals surface area contributed by atoms with E-state index in [1.807, 2.05) is 6.07 Å². The zero-order chi connectivity index (χ0) is 15.7. The van der Waals surface area contributed by atoms with E-state index in [0.717, 1.165) is 17.4 Å². The first-order chi connectivity index (χ1) is 10.5. The molecule has 0 aliphatic carbocycles. The molecule has 0 bridgehead atoms. The third-order valence-electron chi connectivity index (χ3n) is 2.67. The summed E-state index contributed by atoms with van der Waals surface area (Å²) in [5.74, 6) is 0. The predicted octanol–water partition coefficient (Wildman–Crippen LogP) is 2.88. The lowest BCUT2D eigenvalue weighted by Crippen LogP contribution is -2.07. The fourth-order valence-electron chi connectivity index (χ4n) is 1.70. The second kappa shape index (κ2) is 5.19. The van der Waals surface area contributed by atoms with E-state index in [1.54, 1.807) is 5.38 Å². The van der Waals surface area contributed by atoms with Crippen molar-refractivity contribution >= 4 is 11.3 Å². The number of nitrogens with zero attached hydrogens (tertiary/aromatic N) is 5. The summed E-state index contributed by atoms with van der Waals surface area (Å²) in [6, 6.07) is 5.47. The minimum atomic E-state index is -4.52. The van der Waals surface area contributed by atoms with Gasteiger partial charge in [0.25, 0.3) is 0 Å². The molecule has 0 aliphatic rings. The number of thiazole rings is 1. The Labute approximate surface area is 125 Å². The highest BCUT2D eigenvalue weighted by molar-refractivity contribution is 7.13. The fraction of sp³-hybridized carbons (Fsp3) is 0.0833. The number of alkyl halides is 3. The van der Waals surface area contributed by atoms with Gasteiger partial charge in [0.05, 0.1) is 5.69 Å². The van der Waals surface area contributed by atoms with E-state index < -0.39 is 11.9 Å². The maximum Gasteiger partial charge on any atom is 0.433 e. The highest BCUT2D eigenvalue weighted by Crippen LogP contribution is 2.31. The first-order valence-electron chi connectivity index (χ1n) is 5.80. The average molecular weight is 322 g/mol. The van der Waals surface area contributed by atoms with E-state index in [2.05, 4.69) is 25.4 Å². The first kappa shape index (κ1) is 14.2. The van der Waals surface area contributed by atoms with E-state index >= 15 is 0 Å². The zero-order valence-electron chi connectivity index (χ0n) is 10.6. The average Bonchev–Trinajstić information content (AvgIpc) is 3.15. The van der Waals surface area contributed by atoms with Gasteiger partial charge in [-0.15, -0.1) is 16.4 Å². The molecule has 0 saturated heterocycles. The van der Waals surface area contributed by atoms with Crippen molar-refractivity contribution in [1.82, 2.24) is 25.4 Å². The van der Waals surface area contributed by atoms with Crippen LogP contribution in [0.25, 0.3) is 22.1 Å². The van der Waals surface area contributed by atoms with Gasteiger partial charge in [-0.2, -0.15) is 18.4 Å². The van der Waals surface area contributed by atoms with Crippen molar-refractivity contribution < 1.29 is 13.2 Å². The minimum absolute atomic E-state index is 0.105. The Kier molecular flexibility index (Phi) is 3.34. The van der Waals surface area contributed by atoms with Crippen LogP contribution >= 0.6 is 11.3 Å². The Balaban J connectivity index is 2.00. The molecule has 0 atom stereocenters. The molecule has 10 heteroatoms. The molecule has 22 heavy (non-hydrogen) atoms. The van der Waals surface area contributed by atoms with Crippen LogP contribution in [0.1, 0.15) is 11.4 Å². The highest BCUT2D eigenvalue weighted by Gasteiger charge is 2.32. The normalized spacial score (nSPS) is 11.4. The number of H-pyrrole nitrogens is 1. The number of nitrogens with one attached hydrogen (secondary N) is 1. The van der Waals surface area contributed by atoms with Crippen LogP contribution < -0.4 is 0 Å². The topological polar surface area (TPSA) is 91.1 Å². The first-order valence-corrected chi connectivity index (χ1v) is 6.68. The molecule has 1 N–H and O–H groups in total. The van der Waals surface area contributed by atoms with Gasteiger partial charge in [-0.05, 0) is 12.1 Å². The van der Waals surface area contributed by atoms with Crippen molar-refractivity contribution in [2.24, 2.45) is 0 Å². The van der Waals surface area contributed by atoms with Crippen molar-refractivity contribution in [3.8, 4) is 28.2 Å². The number of nitriles is 1. The monoisotopic (exact) mass is 322 g/mol. The molecule has 3 aromatic heterocycles. The second-order valence-corrected chi connectivity index (χ2v) is 4.95. The minimum Gasteiger partial charge on any atom is -0.247 e. The highest BCUT2D eigenvalue weighted by atomic mass is 32.1. The molecule has 0 radical (unpaired) electrons. The molecule has 0 saturated carbocycles. The molecule has 0 fully saturated rings. The summed E-state index contributed by atoms with van der Waals surface area (Å²) in [6.45, 7) is 0.